The first kappa shape index (κ1) is 33.7. The summed E-state index contributed by atoms with van der Waals surface area (Å²) in [7, 11) is -4.27. The van der Waals surface area contributed by atoms with Crippen molar-refractivity contribution in [1.29, 1.82) is 0 Å². The topological polar surface area (TPSA) is 86.8 Å². The summed E-state index contributed by atoms with van der Waals surface area (Å²) in [5.74, 6) is -1.65. The second-order valence-electron chi connectivity index (χ2n) is 10.9. The van der Waals surface area contributed by atoms with Crippen molar-refractivity contribution in [2.75, 3.05) is 10.8 Å². The molecule has 0 heterocycles. The molecule has 0 unspecified atom stereocenters. The summed E-state index contributed by atoms with van der Waals surface area (Å²) in [6.07, 6.45) is 0.785. The van der Waals surface area contributed by atoms with E-state index in [-0.39, 0.29) is 35.2 Å². The quantitative estimate of drug-likeness (QED) is 0.178. The van der Waals surface area contributed by atoms with Gasteiger partial charge >= 0.3 is 0 Å². The molecule has 0 saturated heterocycles. The molecule has 0 aromatic heterocycles. The number of rotatable bonds is 13. The number of benzene rings is 4. The summed E-state index contributed by atoms with van der Waals surface area (Å²) < 4.78 is 44.1. The second kappa shape index (κ2) is 15.2. The molecular formula is C35H37ClFN3O4S. The van der Waals surface area contributed by atoms with E-state index in [1.165, 1.54) is 35.2 Å². The molecule has 0 aliphatic heterocycles. The fourth-order valence-corrected chi connectivity index (χ4v) is 6.39. The van der Waals surface area contributed by atoms with Crippen LogP contribution in [0.25, 0.3) is 0 Å². The molecule has 0 saturated carbocycles. The molecule has 2 amide bonds. The van der Waals surface area contributed by atoms with Crippen molar-refractivity contribution in [2.24, 2.45) is 0 Å². The van der Waals surface area contributed by atoms with Crippen LogP contribution in [0.5, 0.6) is 0 Å². The maximum Gasteiger partial charge on any atom is 0.264 e. The van der Waals surface area contributed by atoms with Crippen LogP contribution in [-0.4, -0.2) is 43.8 Å². The van der Waals surface area contributed by atoms with Crippen molar-refractivity contribution >= 4 is 39.1 Å². The van der Waals surface area contributed by atoms with E-state index in [9.17, 15) is 18.0 Å². The molecule has 45 heavy (non-hydrogen) atoms. The van der Waals surface area contributed by atoms with Crippen LogP contribution in [0.4, 0.5) is 10.1 Å². The zero-order chi connectivity index (χ0) is 32.6. The zero-order valence-electron chi connectivity index (χ0n) is 25.5. The zero-order valence-corrected chi connectivity index (χ0v) is 27.1. The number of sulfonamides is 1. The lowest BCUT2D eigenvalue weighted by atomic mass is 10.0. The van der Waals surface area contributed by atoms with Crippen LogP contribution in [-0.2, 0) is 32.6 Å². The molecule has 10 heteroatoms. The summed E-state index contributed by atoms with van der Waals surface area (Å²) in [6.45, 7) is 4.65. The first-order valence-corrected chi connectivity index (χ1v) is 16.5. The van der Waals surface area contributed by atoms with Gasteiger partial charge in [-0.1, -0.05) is 91.3 Å². The van der Waals surface area contributed by atoms with Gasteiger partial charge in [0.05, 0.1) is 10.6 Å². The Labute approximate surface area is 269 Å². The molecule has 0 aliphatic carbocycles. The van der Waals surface area contributed by atoms with Crippen molar-refractivity contribution < 1.29 is 22.4 Å². The van der Waals surface area contributed by atoms with E-state index >= 15 is 4.39 Å². The number of amides is 2. The van der Waals surface area contributed by atoms with Gasteiger partial charge in [-0.25, -0.2) is 12.8 Å². The largest absolute Gasteiger partial charge is 0.352 e. The minimum Gasteiger partial charge on any atom is -0.352 e. The van der Waals surface area contributed by atoms with Crippen LogP contribution in [0.15, 0.2) is 108 Å². The van der Waals surface area contributed by atoms with Gasteiger partial charge in [0.1, 0.15) is 18.4 Å². The fourth-order valence-electron chi connectivity index (χ4n) is 4.79. The highest BCUT2D eigenvalue weighted by Gasteiger charge is 2.35. The van der Waals surface area contributed by atoms with Gasteiger partial charge in [-0.3, -0.25) is 13.9 Å². The van der Waals surface area contributed by atoms with Gasteiger partial charge in [0.25, 0.3) is 10.0 Å². The minimum atomic E-state index is -4.27. The van der Waals surface area contributed by atoms with E-state index in [4.69, 9.17) is 11.6 Å². The Morgan fingerprint density at radius 2 is 1.53 bits per heavy atom. The van der Waals surface area contributed by atoms with Crippen molar-refractivity contribution in [3.63, 3.8) is 0 Å². The molecule has 0 bridgehead atoms. The normalized spacial score (nSPS) is 12.6. The number of halogens is 2. The third-order valence-corrected chi connectivity index (χ3v) is 9.82. The van der Waals surface area contributed by atoms with Crippen molar-refractivity contribution in [3.8, 4) is 0 Å². The summed E-state index contributed by atoms with van der Waals surface area (Å²) in [6, 6.07) is 26.4. The standard InChI is InChI=1S/C35H37ClFN3O4S/c1-4-26(3)38-35(42)33(21-27-13-7-5-8-14-27)39(23-28-15-11-12-18-32(28)37)34(41)24-40(29-20-19-25(2)31(36)22-29)45(43,44)30-16-9-6-10-17-30/h5-20,22,26,33H,4,21,23-24H2,1-3H3,(H,38,42)/t26-,33+/m0/s1. The molecule has 4 rings (SSSR count). The maximum atomic E-state index is 15.0. The fraction of sp³-hybridized carbons (Fsp3) is 0.257. The van der Waals surface area contributed by atoms with Crippen molar-refractivity contribution in [2.45, 2.75) is 57.1 Å². The van der Waals surface area contributed by atoms with Crippen LogP contribution in [0.3, 0.4) is 0 Å². The Kier molecular flexibility index (Phi) is 11.4. The Morgan fingerprint density at radius 3 is 2.16 bits per heavy atom. The number of carbonyl (C=O) groups is 2. The van der Waals surface area contributed by atoms with Crippen LogP contribution >= 0.6 is 11.6 Å². The monoisotopic (exact) mass is 649 g/mol. The Bertz CT molecular complexity index is 1720. The van der Waals surface area contributed by atoms with E-state index in [0.29, 0.717) is 11.4 Å². The minimum absolute atomic E-state index is 0.0227. The number of hydrogen-bond acceptors (Lipinski definition) is 4. The van der Waals surface area contributed by atoms with Gasteiger partial charge in [0, 0.05) is 29.6 Å². The van der Waals surface area contributed by atoms with Gasteiger partial charge in [-0.05, 0) is 61.7 Å². The first-order valence-electron chi connectivity index (χ1n) is 14.7. The van der Waals surface area contributed by atoms with E-state index in [2.05, 4.69) is 5.32 Å². The van der Waals surface area contributed by atoms with E-state index in [0.717, 1.165) is 15.4 Å². The Balaban J connectivity index is 1.83. The van der Waals surface area contributed by atoms with Gasteiger partial charge in [-0.15, -0.1) is 0 Å². The third kappa shape index (κ3) is 8.49. The molecule has 236 valence electrons. The summed E-state index contributed by atoms with van der Waals surface area (Å²) in [5.41, 5.74) is 1.88. The summed E-state index contributed by atoms with van der Waals surface area (Å²) >= 11 is 6.41. The molecular weight excluding hydrogens is 613 g/mol. The van der Waals surface area contributed by atoms with Gasteiger partial charge in [-0.2, -0.15) is 0 Å². The van der Waals surface area contributed by atoms with E-state index < -0.39 is 40.2 Å². The predicted octanol–water partition coefficient (Wildman–Crippen LogP) is 6.54. The smallest absolute Gasteiger partial charge is 0.264 e. The molecule has 0 radical (unpaired) electrons. The lowest BCUT2D eigenvalue weighted by molar-refractivity contribution is -0.140. The number of nitrogens with one attached hydrogen (secondary N) is 1. The van der Waals surface area contributed by atoms with Crippen LogP contribution in [0, 0.1) is 12.7 Å². The average molecular weight is 650 g/mol. The van der Waals surface area contributed by atoms with Crippen molar-refractivity contribution in [1.82, 2.24) is 10.2 Å². The van der Waals surface area contributed by atoms with Crippen LogP contribution in [0.2, 0.25) is 5.02 Å². The molecule has 0 fully saturated rings. The molecule has 2 atom stereocenters. The van der Waals surface area contributed by atoms with Gasteiger partial charge in [0.15, 0.2) is 0 Å². The maximum absolute atomic E-state index is 15.0. The molecule has 0 spiro atoms. The third-order valence-electron chi connectivity index (χ3n) is 7.62. The van der Waals surface area contributed by atoms with Gasteiger partial charge < -0.3 is 10.2 Å². The van der Waals surface area contributed by atoms with Crippen molar-refractivity contribution in [3.05, 3.63) is 131 Å². The second-order valence-corrected chi connectivity index (χ2v) is 13.2. The molecule has 1 N–H and O–H groups in total. The lowest BCUT2D eigenvalue weighted by Gasteiger charge is -2.34. The summed E-state index contributed by atoms with van der Waals surface area (Å²) in [5, 5.41) is 3.29. The Morgan fingerprint density at radius 1 is 0.911 bits per heavy atom. The Hall–Kier alpha value is -4.21. The molecule has 0 aliphatic rings. The average Bonchev–Trinajstić information content (AvgIpc) is 3.04. The highest BCUT2D eigenvalue weighted by atomic mass is 35.5. The molecule has 4 aromatic rings. The van der Waals surface area contributed by atoms with Gasteiger partial charge in [0.2, 0.25) is 11.8 Å². The lowest BCUT2D eigenvalue weighted by Crippen LogP contribution is -2.54. The number of hydrogen-bond donors (Lipinski definition) is 1. The first-order chi connectivity index (χ1) is 21.5. The summed E-state index contributed by atoms with van der Waals surface area (Å²) in [4.78, 5) is 29.5. The highest BCUT2D eigenvalue weighted by Crippen LogP contribution is 2.29. The van der Waals surface area contributed by atoms with Crippen LogP contribution in [0.1, 0.15) is 37.0 Å². The van der Waals surface area contributed by atoms with E-state index in [1.807, 2.05) is 44.2 Å². The number of carbonyl (C=O) groups excluding carboxylic acids is 2. The van der Waals surface area contributed by atoms with E-state index in [1.54, 1.807) is 49.4 Å². The SMILES string of the molecule is CC[C@H](C)NC(=O)[C@@H](Cc1ccccc1)N(Cc1ccccc1F)C(=O)CN(c1ccc(C)c(Cl)c1)S(=O)(=O)c1ccccc1. The highest BCUT2D eigenvalue weighted by molar-refractivity contribution is 7.92. The van der Waals surface area contributed by atoms with Crippen LogP contribution < -0.4 is 9.62 Å². The number of nitrogens with zero attached hydrogens (tertiary/aromatic N) is 2. The predicted molar refractivity (Wildman–Crippen MR) is 176 cm³/mol. The number of aryl methyl sites for hydroxylation is 1. The molecule has 4 aromatic carbocycles. The molecule has 7 nitrogen and oxygen atoms in total. The number of anilines is 1.